The van der Waals surface area contributed by atoms with Crippen LogP contribution in [-0.4, -0.2) is 31.3 Å². The number of hydrogen-bond donors (Lipinski definition) is 3. The number of H-pyrrole nitrogens is 2. The molecule has 118 valence electrons. The van der Waals surface area contributed by atoms with E-state index in [4.69, 9.17) is 0 Å². The van der Waals surface area contributed by atoms with Crippen LogP contribution in [0.1, 0.15) is 6.92 Å². The van der Waals surface area contributed by atoms with Crippen LogP contribution in [0.4, 0.5) is 5.13 Å². The van der Waals surface area contributed by atoms with Gasteiger partial charge in [0.05, 0.1) is 15.5 Å². The highest BCUT2D eigenvalue weighted by Crippen LogP contribution is 2.26. The highest BCUT2D eigenvalue weighted by molar-refractivity contribution is 8.00. The van der Waals surface area contributed by atoms with Gasteiger partial charge in [-0.25, -0.2) is 14.9 Å². The monoisotopic (exact) mass is 349 g/mol. The molecule has 0 saturated carbocycles. The summed E-state index contributed by atoms with van der Waals surface area (Å²) in [5.41, 5.74) is -0.504. The number of amides is 1. The maximum atomic E-state index is 12.2. The summed E-state index contributed by atoms with van der Waals surface area (Å²) in [5, 5.41) is 8.41. The van der Waals surface area contributed by atoms with Crippen LogP contribution in [0.5, 0.6) is 0 Å². The number of carbonyl (C=O) groups is 1. The van der Waals surface area contributed by atoms with E-state index in [0.717, 1.165) is 22.0 Å². The Balaban J connectivity index is 1.72. The van der Waals surface area contributed by atoms with Gasteiger partial charge in [-0.15, -0.1) is 0 Å². The maximum absolute atomic E-state index is 12.2. The van der Waals surface area contributed by atoms with Gasteiger partial charge < -0.3 is 5.32 Å². The van der Waals surface area contributed by atoms with Crippen LogP contribution in [-0.2, 0) is 4.79 Å². The number of hydrogen-bond acceptors (Lipinski definition) is 7. The minimum Gasteiger partial charge on any atom is -0.301 e. The van der Waals surface area contributed by atoms with Gasteiger partial charge in [0.25, 0.3) is 5.56 Å². The van der Waals surface area contributed by atoms with E-state index in [-0.39, 0.29) is 10.9 Å². The molecule has 8 nitrogen and oxygen atoms in total. The molecule has 1 amide bonds. The molecule has 0 aliphatic rings. The van der Waals surface area contributed by atoms with Crippen LogP contribution in [0.2, 0.25) is 0 Å². The summed E-state index contributed by atoms with van der Waals surface area (Å²) in [5.74, 6) is -0.304. The van der Waals surface area contributed by atoms with Crippen LogP contribution in [0.25, 0.3) is 10.2 Å². The third-order valence-corrected chi connectivity index (χ3v) is 4.88. The lowest BCUT2D eigenvalue weighted by Gasteiger charge is -2.08. The first-order valence-electron chi connectivity index (χ1n) is 6.55. The van der Waals surface area contributed by atoms with Gasteiger partial charge in [-0.2, -0.15) is 5.10 Å². The van der Waals surface area contributed by atoms with E-state index >= 15 is 0 Å². The van der Waals surface area contributed by atoms with Crippen LogP contribution in [0, 0.1) is 0 Å². The van der Waals surface area contributed by atoms with E-state index in [1.165, 1.54) is 11.3 Å². The van der Waals surface area contributed by atoms with Gasteiger partial charge in [0, 0.05) is 0 Å². The molecule has 0 aliphatic carbocycles. The molecule has 1 aromatic carbocycles. The second-order valence-electron chi connectivity index (χ2n) is 4.55. The summed E-state index contributed by atoms with van der Waals surface area (Å²) in [6.07, 6.45) is 0. The topological polar surface area (TPSA) is 121 Å². The Kier molecular flexibility index (Phi) is 4.26. The standard InChI is InChI=1S/C13H11N5O3S2/c1-6(22-11-10(20)15-12(21)18-17-11)9(19)16-13-14-7-4-2-3-5-8(7)23-13/h2-6H,1H3,(H,14,16,19)(H2,15,18,20,21). The predicted octanol–water partition coefficient (Wildman–Crippen LogP) is 1.19. The van der Waals surface area contributed by atoms with Crippen molar-refractivity contribution in [3.8, 4) is 0 Å². The van der Waals surface area contributed by atoms with Crippen LogP contribution in [0.3, 0.4) is 0 Å². The van der Waals surface area contributed by atoms with Crippen molar-refractivity contribution in [2.45, 2.75) is 17.2 Å². The number of aromatic nitrogens is 4. The number of benzene rings is 1. The summed E-state index contributed by atoms with van der Waals surface area (Å²) in [6.45, 7) is 1.64. The summed E-state index contributed by atoms with van der Waals surface area (Å²) in [7, 11) is 0. The highest BCUT2D eigenvalue weighted by atomic mass is 32.2. The van der Waals surface area contributed by atoms with E-state index in [0.29, 0.717) is 5.13 Å². The minimum atomic E-state index is -0.689. The zero-order valence-corrected chi connectivity index (χ0v) is 13.5. The molecule has 3 aromatic rings. The molecule has 0 saturated heterocycles. The smallest absolute Gasteiger partial charge is 0.301 e. The van der Waals surface area contributed by atoms with Gasteiger partial charge in [-0.3, -0.25) is 14.6 Å². The van der Waals surface area contributed by atoms with E-state index < -0.39 is 16.5 Å². The molecule has 0 fully saturated rings. The van der Waals surface area contributed by atoms with Crippen LogP contribution < -0.4 is 16.6 Å². The molecule has 1 atom stereocenters. The maximum Gasteiger partial charge on any atom is 0.342 e. The van der Waals surface area contributed by atoms with Crippen molar-refractivity contribution in [2.75, 3.05) is 5.32 Å². The first-order chi connectivity index (χ1) is 11.0. The summed E-state index contributed by atoms with van der Waals surface area (Å²) < 4.78 is 0.974. The number of carbonyl (C=O) groups excluding carboxylic acids is 1. The molecule has 0 bridgehead atoms. The number of rotatable bonds is 4. The van der Waals surface area contributed by atoms with Crippen molar-refractivity contribution in [3.05, 3.63) is 45.1 Å². The fourth-order valence-electron chi connectivity index (χ4n) is 1.77. The first kappa shape index (κ1) is 15.4. The highest BCUT2D eigenvalue weighted by Gasteiger charge is 2.18. The van der Waals surface area contributed by atoms with Gasteiger partial charge in [0.15, 0.2) is 10.2 Å². The molecule has 0 aliphatic heterocycles. The number of nitrogens with zero attached hydrogens (tertiary/aromatic N) is 2. The van der Waals surface area contributed by atoms with Gasteiger partial charge in [0.1, 0.15) is 0 Å². The van der Waals surface area contributed by atoms with Gasteiger partial charge in [-0.05, 0) is 19.1 Å². The summed E-state index contributed by atoms with van der Waals surface area (Å²) in [6, 6.07) is 7.56. The fraction of sp³-hybridized carbons (Fsp3) is 0.154. The van der Waals surface area contributed by atoms with Crippen molar-refractivity contribution < 1.29 is 4.79 Å². The van der Waals surface area contributed by atoms with E-state index in [1.807, 2.05) is 24.3 Å². The fourth-order valence-corrected chi connectivity index (χ4v) is 3.40. The molecule has 2 aromatic heterocycles. The molecular formula is C13H11N5O3S2. The van der Waals surface area contributed by atoms with Crippen molar-refractivity contribution in [2.24, 2.45) is 0 Å². The predicted molar refractivity (Wildman–Crippen MR) is 89.0 cm³/mol. The van der Waals surface area contributed by atoms with Crippen molar-refractivity contribution in [1.82, 2.24) is 20.2 Å². The molecular weight excluding hydrogens is 338 g/mol. The normalized spacial score (nSPS) is 12.2. The average molecular weight is 349 g/mol. The summed E-state index contributed by atoms with van der Waals surface area (Å²) >= 11 is 2.32. The molecule has 23 heavy (non-hydrogen) atoms. The molecule has 2 heterocycles. The van der Waals surface area contributed by atoms with E-state index in [1.54, 1.807) is 6.92 Å². The molecule has 0 spiro atoms. The van der Waals surface area contributed by atoms with Crippen molar-refractivity contribution in [1.29, 1.82) is 0 Å². The lowest BCUT2D eigenvalue weighted by Crippen LogP contribution is -2.28. The Morgan fingerprint density at radius 3 is 2.87 bits per heavy atom. The third kappa shape index (κ3) is 3.48. The molecule has 0 radical (unpaired) electrons. The number of thiazole rings is 1. The van der Waals surface area contributed by atoms with Gasteiger partial charge in [-0.1, -0.05) is 35.2 Å². The Morgan fingerprint density at radius 1 is 1.35 bits per heavy atom. The number of anilines is 1. The summed E-state index contributed by atoms with van der Waals surface area (Å²) in [4.78, 5) is 41.1. The molecule has 3 N–H and O–H groups in total. The Bertz CT molecular complexity index is 944. The lowest BCUT2D eigenvalue weighted by molar-refractivity contribution is -0.115. The van der Waals surface area contributed by atoms with Crippen molar-refractivity contribution >= 4 is 44.4 Å². The number of nitrogens with one attached hydrogen (secondary N) is 3. The zero-order valence-electron chi connectivity index (χ0n) is 11.8. The second kappa shape index (κ2) is 6.34. The Hall–Kier alpha value is -2.46. The third-order valence-electron chi connectivity index (χ3n) is 2.86. The quantitative estimate of drug-likeness (QED) is 0.608. The number of fused-ring (bicyclic) bond motifs is 1. The largest absolute Gasteiger partial charge is 0.342 e. The van der Waals surface area contributed by atoms with E-state index in [9.17, 15) is 14.4 Å². The van der Waals surface area contributed by atoms with Gasteiger partial charge >= 0.3 is 5.69 Å². The van der Waals surface area contributed by atoms with Crippen LogP contribution >= 0.6 is 23.1 Å². The second-order valence-corrected chi connectivity index (χ2v) is 6.91. The van der Waals surface area contributed by atoms with Gasteiger partial charge in [0.2, 0.25) is 5.91 Å². The SMILES string of the molecule is CC(Sc1n[nH]c(=O)[nH]c1=O)C(=O)Nc1nc2ccccc2s1. The zero-order chi connectivity index (χ0) is 16.4. The number of para-hydroxylation sites is 1. The van der Waals surface area contributed by atoms with E-state index in [2.05, 4.69) is 25.5 Å². The first-order valence-corrected chi connectivity index (χ1v) is 8.24. The average Bonchev–Trinajstić information content (AvgIpc) is 2.92. The molecule has 10 heteroatoms. The molecule has 1 unspecified atom stereocenters. The minimum absolute atomic E-state index is 0.0246. The Labute approximate surface area is 137 Å². The Morgan fingerprint density at radius 2 is 2.13 bits per heavy atom. The number of thioether (sulfide) groups is 1. The number of aromatic amines is 2. The lowest BCUT2D eigenvalue weighted by atomic mass is 10.3. The van der Waals surface area contributed by atoms with Crippen LogP contribution in [0.15, 0.2) is 38.9 Å². The molecule has 3 rings (SSSR count). The van der Waals surface area contributed by atoms with Crippen molar-refractivity contribution in [3.63, 3.8) is 0 Å².